The molecule has 1 aromatic heterocycles. The number of carbonyl (C=O) groups excluding carboxylic acids is 3. The van der Waals surface area contributed by atoms with Gasteiger partial charge < -0.3 is 10.6 Å². The summed E-state index contributed by atoms with van der Waals surface area (Å²) in [6.45, 7) is 3.98. The summed E-state index contributed by atoms with van der Waals surface area (Å²) >= 11 is 1.80. The molecule has 1 spiro atoms. The van der Waals surface area contributed by atoms with Gasteiger partial charge in [0.25, 0.3) is 5.91 Å². The first-order valence-corrected chi connectivity index (χ1v) is 11.6. The Balaban J connectivity index is 1.15. The van der Waals surface area contributed by atoms with Gasteiger partial charge in [-0.3, -0.25) is 19.4 Å². The number of hydrogen-bond acceptors (Lipinski definition) is 5. The number of likely N-dealkylation sites (tertiary alicyclic amines) is 1. The molecule has 3 heterocycles. The Bertz CT molecular complexity index is 737. The van der Waals surface area contributed by atoms with Crippen molar-refractivity contribution in [3.05, 3.63) is 22.4 Å². The van der Waals surface area contributed by atoms with Crippen molar-refractivity contribution in [3.8, 4) is 0 Å². The van der Waals surface area contributed by atoms with Crippen molar-refractivity contribution in [2.45, 2.75) is 57.0 Å². The molecule has 0 aromatic carbocycles. The smallest absolute Gasteiger partial charge is 0.325 e. The quantitative estimate of drug-likeness (QED) is 0.666. The van der Waals surface area contributed by atoms with E-state index in [0.717, 1.165) is 45.3 Å². The van der Waals surface area contributed by atoms with Gasteiger partial charge in [0.15, 0.2) is 0 Å². The van der Waals surface area contributed by atoms with Crippen LogP contribution in [0.4, 0.5) is 4.79 Å². The number of piperidine rings is 1. The van der Waals surface area contributed by atoms with Gasteiger partial charge in [0.2, 0.25) is 5.91 Å². The highest BCUT2D eigenvalue weighted by Crippen LogP contribution is 2.35. The average Bonchev–Trinajstić information content (AvgIpc) is 3.44. The Morgan fingerprint density at radius 1 is 1.24 bits per heavy atom. The molecule has 2 N–H and O–H groups in total. The van der Waals surface area contributed by atoms with Gasteiger partial charge in [0, 0.05) is 30.9 Å². The number of nitrogens with one attached hydrogen (secondary N) is 2. The summed E-state index contributed by atoms with van der Waals surface area (Å²) in [4.78, 5) is 42.1. The summed E-state index contributed by atoms with van der Waals surface area (Å²) in [5.41, 5.74) is -0.690. The zero-order valence-corrected chi connectivity index (χ0v) is 17.6. The molecular formula is C21H30N4O3S. The lowest BCUT2D eigenvalue weighted by molar-refractivity contribution is -0.131. The molecule has 3 fully saturated rings. The average molecular weight is 419 g/mol. The molecule has 7 nitrogen and oxygen atoms in total. The highest BCUT2D eigenvalue weighted by molar-refractivity contribution is 7.09. The zero-order chi connectivity index (χ0) is 20.3. The van der Waals surface area contributed by atoms with Crippen molar-refractivity contribution in [1.82, 2.24) is 20.4 Å². The van der Waals surface area contributed by atoms with Crippen LogP contribution in [0.15, 0.2) is 17.5 Å². The van der Waals surface area contributed by atoms with E-state index in [1.807, 2.05) is 0 Å². The molecule has 0 unspecified atom stereocenters. The first-order valence-electron chi connectivity index (χ1n) is 10.7. The molecule has 0 bridgehead atoms. The van der Waals surface area contributed by atoms with Crippen LogP contribution < -0.4 is 10.6 Å². The fourth-order valence-corrected chi connectivity index (χ4v) is 5.47. The number of imide groups is 1. The second kappa shape index (κ2) is 8.83. The van der Waals surface area contributed by atoms with Crippen LogP contribution in [0, 0.1) is 5.92 Å². The SMILES string of the molecule is O=C(CCN1C(=O)NC2(CCCC2)C1=O)NCC1CCN(Cc2cccs2)CC1. The topological polar surface area (TPSA) is 81.8 Å². The normalized spacial score (nSPS) is 22.4. The molecule has 8 heteroatoms. The van der Waals surface area contributed by atoms with Gasteiger partial charge in [0.05, 0.1) is 0 Å². The number of thiophene rings is 1. The van der Waals surface area contributed by atoms with E-state index in [1.54, 1.807) is 11.3 Å². The van der Waals surface area contributed by atoms with Gasteiger partial charge in [-0.25, -0.2) is 4.79 Å². The van der Waals surface area contributed by atoms with E-state index in [-0.39, 0.29) is 30.8 Å². The predicted molar refractivity (Wildman–Crippen MR) is 111 cm³/mol. The fraction of sp³-hybridized carbons (Fsp3) is 0.667. The number of carbonyl (C=O) groups is 3. The molecule has 158 valence electrons. The van der Waals surface area contributed by atoms with Crippen molar-refractivity contribution >= 4 is 29.2 Å². The standard InChI is InChI=1S/C21H30N4O3S/c26-18(7-12-25-19(27)21(23-20(25)28)8-1-2-9-21)22-14-16-5-10-24(11-6-16)15-17-4-3-13-29-17/h3-4,13,16H,1-2,5-12,14-15H2,(H,22,26)(H,23,28). The largest absolute Gasteiger partial charge is 0.356 e. The van der Waals surface area contributed by atoms with E-state index in [0.29, 0.717) is 25.3 Å². The monoisotopic (exact) mass is 418 g/mol. The summed E-state index contributed by atoms with van der Waals surface area (Å²) in [5, 5.41) is 7.98. The lowest BCUT2D eigenvalue weighted by Crippen LogP contribution is -2.44. The minimum absolute atomic E-state index is 0.0843. The first kappa shape index (κ1) is 20.3. The molecular weight excluding hydrogens is 388 g/mol. The van der Waals surface area contributed by atoms with E-state index in [1.165, 1.54) is 9.78 Å². The Kier molecular flexibility index (Phi) is 6.20. The first-order chi connectivity index (χ1) is 14.1. The lowest BCUT2D eigenvalue weighted by atomic mass is 9.96. The molecule has 2 aliphatic heterocycles. The predicted octanol–water partition coefficient (Wildman–Crippen LogP) is 2.33. The fourth-order valence-electron chi connectivity index (χ4n) is 4.73. The highest BCUT2D eigenvalue weighted by Gasteiger charge is 2.52. The van der Waals surface area contributed by atoms with E-state index >= 15 is 0 Å². The molecule has 0 radical (unpaired) electrons. The Hall–Kier alpha value is -1.93. The van der Waals surface area contributed by atoms with Gasteiger partial charge in [-0.05, 0) is 56.1 Å². The highest BCUT2D eigenvalue weighted by atomic mass is 32.1. The third-order valence-corrected chi connectivity index (χ3v) is 7.38. The Morgan fingerprint density at radius 2 is 2.00 bits per heavy atom. The van der Waals surface area contributed by atoms with E-state index < -0.39 is 5.54 Å². The van der Waals surface area contributed by atoms with Crippen LogP contribution >= 0.6 is 11.3 Å². The van der Waals surface area contributed by atoms with Gasteiger partial charge in [0.1, 0.15) is 5.54 Å². The molecule has 2 saturated heterocycles. The molecule has 4 amide bonds. The summed E-state index contributed by atoms with van der Waals surface area (Å²) in [5.74, 6) is 0.266. The molecule has 0 atom stereocenters. The van der Waals surface area contributed by atoms with Gasteiger partial charge in [-0.15, -0.1) is 11.3 Å². The maximum Gasteiger partial charge on any atom is 0.325 e. The van der Waals surface area contributed by atoms with Crippen LogP contribution in [0.5, 0.6) is 0 Å². The van der Waals surface area contributed by atoms with Crippen LogP contribution in [0.2, 0.25) is 0 Å². The third kappa shape index (κ3) is 4.64. The lowest BCUT2D eigenvalue weighted by Gasteiger charge is -2.31. The number of urea groups is 1. The van der Waals surface area contributed by atoms with Crippen molar-refractivity contribution in [3.63, 3.8) is 0 Å². The van der Waals surface area contributed by atoms with Gasteiger partial charge in [-0.1, -0.05) is 18.9 Å². The zero-order valence-electron chi connectivity index (χ0n) is 16.8. The van der Waals surface area contributed by atoms with Gasteiger partial charge >= 0.3 is 6.03 Å². The van der Waals surface area contributed by atoms with Crippen molar-refractivity contribution in [2.75, 3.05) is 26.2 Å². The maximum absolute atomic E-state index is 12.6. The van der Waals surface area contributed by atoms with E-state index in [2.05, 4.69) is 33.0 Å². The second-order valence-corrected chi connectivity index (χ2v) is 9.56. The second-order valence-electron chi connectivity index (χ2n) is 8.53. The summed E-state index contributed by atoms with van der Waals surface area (Å²) in [7, 11) is 0. The van der Waals surface area contributed by atoms with E-state index in [9.17, 15) is 14.4 Å². The molecule has 29 heavy (non-hydrogen) atoms. The molecule has 4 rings (SSSR count). The molecule has 1 aromatic rings. The summed E-state index contributed by atoms with van der Waals surface area (Å²) in [6, 6.07) is 3.93. The minimum atomic E-state index is -0.690. The minimum Gasteiger partial charge on any atom is -0.356 e. The van der Waals surface area contributed by atoms with Crippen LogP contribution in [0.1, 0.15) is 49.8 Å². The number of hydrogen-bond donors (Lipinski definition) is 2. The summed E-state index contributed by atoms with van der Waals surface area (Å²) in [6.07, 6.45) is 5.70. The van der Waals surface area contributed by atoms with E-state index in [4.69, 9.17) is 0 Å². The molecule has 1 aliphatic carbocycles. The Morgan fingerprint density at radius 3 is 2.69 bits per heavy atom. The van der Waals surface area contributed by atoms with Crippen molar-refractivity contribution < 1.29 is 14.4 Å². The van der Waals surface area contributed by atoms with Crippen molar-refractivity contribution in [2.24, 2.45) is 5.92 Å². The Labute approximate surface area is 175 Å². The van der Waals surface area contributed by atoms with Gasteiger partial charge in [-0.2, -0.15) is 0 Å². The van der Waals surface area contributed by atoms with Crippen LogP contribution in [0.3, 0.4) is 0 Å². The number of rotatable bonds is 7. The van der Waals surface area contributed by atoms with Crippen LogP contribution in [0.25, 0.3) is 0 Å². The number of nitrogens with zero attached hydrogens (tertiary/aromatic N) is 2. The molecule has 1 saturated carbocycles. The number of amides is 4. The van der Waals surface area contributed by atoms with Crippen LogP contribution in [-0.2, 0) is 16.1 Å². The summed E-state index contributed by atoms with van der Waals surface area (Å²) < 4.78 is 0. The maximum atomic E-state index is 12.6. The van der Waals surface area contributed by atoms with Crippen molar-refractivity contribution in [1.29, 1.82) is 0 Å². The molecule has 3 aliphatic rings. The third-order valence-electron chi connectivity index (χ3n) is 6.52. The van der Waals surface area contributed by atoms with Crippen LogP contribution in [-0.4, -0.2) is 59.4 Å².